The van der Waals surface area contributed by atoms with Crippen LogP contribution in [0, 0.1) is 11.7 Å². The Kier molecular flexibility index (Phi) is 7.62. The second-order valence-corrected chi connectivity index (χ2v) is 11.3. The quantitative estimate of drug-likeness (QED) is 0.519. The molecule has 6 rings (SSSR count). The summed E-state index contributed by atoms with van der Waals surface area (Å²) in [5, 5.41) is 2.65. The van der Waals surface area contributed by atoms with Gasteiger partial charge in [0.25, 0.3) is 5.91 Å². The molecule has 3 fully saturated rings. The van der Waals surface area contributed by atoms with Crippen molar-refractivity contribution in [3.8, 4) is 11.1 Å². The number of nitrogens with zero attached hydrogens (tertiary/aromatic N) is 4. The number of ether oxygens (including phenoxy) is 1. The number of dihydropyridines is 1. The molecule has 0 saturated carbocycles. The Morgan fingerprint density at radius 3 is 2.50 bits per heavy atom. The second-order valence-electron chi connectivity index (χ2n) is 11.3. The molecule has 3 saturated heterocycles. The van der Waals surface area contributed by atoms with Gasteiger partial charge in [-0.3, -0.25) is 14.5 Å². The molecule has 12 heteroatoms. The van der Waals surface area contributed by atoms with Crippen LogP contribution in [0.2, 0.25) is 0 Å². The molecule has 8 nitrogen and oxygen atoms in total. The van der Waals surface area contributed by atoms with Crippen molar-refractivity contribution in [2.75, 3.05) is 56.7 Å². The van der Waals surface area contributed by atoms with Gasteiger partial charge in [0.15, 0.2) is 0 Å². The van der Waals surface area contributed by atoms with Gasteiger partial charge in [-0.05, 0) is 48.9 Å². The van der Waals surface area contributed by atoms with Crippen LogP contribution in [-0.4, -0.2) is 92.5 Å². The molecule has 4 aliphatic heterocycles. The van der Waals surface area contributed by atoms with E-state index in [4.69, 9.17) is 4.74 Å². The zero-order chi connectivity index (χ0) is 29.6. The first kappa shape index (κ1) is 28.5. The molecule has 4 aliphatic rings. The van der Waals surface area contributed by atoms with E-state index in [0.29, 0.717) is 67.8 Å². The van der Waals surface area contributed by atoms with E-state index in [9.17, 15) is 22.8 Å². The predicted molar refractivity (Wildman–Crippen MR) is 150 cm³/mol. The van der Waals surface area contributed by atoms with Gasteiger partial charge in [-0.25, -0.2) is 9.38 Å². The Morgan fingerprint density at radius 1 is 1.07 bits per heavy atom. The highest BCUT2D eigenvalue weighted by Gasteiger charge is 2.44. The van der Waals surface area contributed by atoms with E-state index in [2.05, 4.69) is 20.1 Å². The monoisotopic (exact) mass is 585 g/mol. The maximum Gasteiger partial charge on any atom is 0.414 e. The number of morpholine rings is 1. The molecule has 3 unspecified atom stereocenters. The van der Waals surface area contributed by atoms with Crippen molar-refractivity contribution in [1.29, 1.82) is 0 Å². The number of amides is 2. The molecule has 42 heavy (non-hydrogen) atoms. The number of hydrogen-bond donors (Lipinski definition) is 1. The van der Waals surface area contributed by atoms with Crippen molar-refractivity contribution in [2.24, 2.45) is 10.9 Å². The topological polar surface area (TPSA) is 77.5 Å². The largest absolute Gasteiger partial charge is 0.414 e. The lowest BCUT2D eigenvalue weighted by Gasteiger charge is -2.52. The van der Waals surface area contributed by atoms with E-state index in [-0.39, 0.29) is 5.69 Å². The molecule has 4 heterocycles. The minimum absolute atomic E-state index is 0.258. The van der Waals surface area contributed by atoms with Gasteiger partial charge in [0, 0.05) is 62.7 Å². The molecule has 0 aromatic heterocycles. The lowest BCUT2D eigenvalue weighted by atomic mass is 9.90. The second kappa shape index (κ2) is 11.2. The number of aliphatic imine (C=N–C) groups is 1. The molecular weight excluding hydrogens is 554 g/mol. The minimum Gasteiger partial charge on any atom is -0.378 e. The average Bonchev–Trinajstić information content (AvgIpc) is 2.97. The Morgan fingerprint density at radius 2 is 1.81 bits per heavy atom. The van der Waals surface area contributed by atoms with E-state index < -0.39 is 35.3 Å². The number of piperazine rings is 1. The standard InChI is InChI=1S/C30H31F4N5O3/c1-37-6-8-38(9-7-37)27-5-3-19(11-26(27)36-29(41)23-14-35-28(40)13-24(23)30(32,33)34)22-10-18(2-4-25(22)31)15-39-20-12-21(39)17-42-16-20/h2-5,10-11,13-14,20-21,23H,6-9,12,15-17H2,1H3,(H,36,41). The van der Waals surface area contributed by atoms with E-state index >= 15 is 4.39 Å². The van der Waals surface area contributed by atoms with Crippen molar-refractivity contribution in [2.45, 2.75) is 31.2 Å². The molecular formula is C30H31F4N5O3. The number of carbonyl (C=O) groups excluding carboxylic acids is 2. The maximum absolute atomic E-state index is 15.2. The van der Waals surface area contributed by atoms with Crippen LogP contribution in [0.15, 0.2) is 53.0 Å². The fourth-order valence-corrected chi connectivity index (χ4v) is 6.07. The van der Waals surface area contributed by atoms with Gasteiger partial charge in [0.2, 0.25) is 5.91 Å². The summed E-state index contributed by atoms with van der Waals surface area (Å²) in [6.45, 7) is 4.82. The predicted octanol–water partition coefficient (Wildman–Crippen LogP) is 3.87. The van der Waals surface area contributed by atoms with Crippen LogP contribution in [0.4, 0.5) is 28.9 Å². The number of anilines is 2. The molecule has 2 aromatic rings. The summed E-state index contributed by atoms with van der Waals surface area (Å²) in [7, 11) is 1.99. The zero-order valence-corrected chi connectivity index (χ0v) is 23.0. The lowest BCUT2D eigenvalue weighted by molar-refractivity contribution is -0.131. The Bertz CT molecular complexity index is 1440. The summed E-state index contributed by atoms with van der Waals surface area (Å²) in [4.78, 5) is 34.8. The number of alkyl halides is 3. The number of hydrogen-bond acceptors (Lipinski definition) is 6. The summed E-state index contributed by atoms with van der Waals surface area (Å²) in [5.41, 5.74) is 1.33. The molecule has 2 amide bonds. The first-order chi connectivity index (χ1) is 20.1. The van der Waals surface area contributed by atoms with Crippen LogP contribution < -0.4 is 10.2 Å². The molecule has 1 N–H and O–H groups in total. The third kappa shape index (κ3) is 5.70. The molecule has 3 atom stereocenters. The molecule has 2 aromatic carbocycles. The fraction of sp³-hybridized carbons (Fsp3) is 0.433. The van der Waals surface area contributed by atoms with Gasteiger partial charge >= 0.3 is 6.18 Å². The van der Waals surface area contributed by atoms with Gasteiger partial charge in [0.1, 0.15) is 11.7 Å². The number of likely N-dealkylation sites (N-methyl/N-ethyl adjacent to an activating group) is 1. The molecule has 2 bridgehead atoms. The normalized spacial score (nSPS) is 24.8. The highest BCUT2D eigenvalue weighted by atomic mass is 19.4. The number of benzene rings is 2. The highest BCUT2D eigenvalue weighted by Crippen LogP contribution is 2.38. The van der Waals surface area contributed by atoms with Gasteiger partial charge in [-0.2, -0.15) is 13.2 Å². The Labute approximate surface area is 240 Å². The lowest BCUT2D eigenvalue weighted by Crippen LogP contribution is -2.62. The van der Waals surface area contributed by atoms with E-state index in [1.54, 1.807) is 30.3 Å². The van der Waals surface area contributed by atoms with Crippen molar-refractivity contribution < 1.29 is 31.9 Å². The summed E-state index contributed by atoms with van der Waals surface area (Å²) in [6, 6.07) is 10.8. The molecule has 222 valence electrons. The van der Waals surface area contributed by atoms with E-state index in [1.165, 1.54) is 6.07 Å². The Balaban J connectivity index is 1.32. The van der Waals surface area contributed by atoms with Crippen molar-refractivity contribution in [3.05, 3.63) is 59.4 Å². The SMILES string of the molecule is CN1CCN(c2ccc(-c3cc(CN4C5COCC4C5)ccc3F)cc2NC(=O)C2C=NC(=O)C=C2C(F)(F)F)CC1. The zero-order valence-electron chi connectivity index (χ0n) is 23.0. The summed E-state index contributed by atoms with van der Waals surface area (Å²) >= 11 is 0. The molecule has 0 spiro atoms. The van der Waals surface area contributed by atoms with Gasteiger partial charge < -0.3 is 19.9 Å². The van der Waals surface area contributed by atoms with Crippen molar-refractivity contribution >= 4 is 29.4 Å². The third-order valence-corrected chi connectivity index (χ3v) is 8.48. The maximum atomic E-state index is 15.2. The Hall–Kier alpha value is -3.61. The summed E-state index contributed by atoms with van der Waals surface area (Å²) < 4.78 is 61.9. The fourth-order valence-electron chi connectivity index (χ4n) is 6.07. The highest BCUT2D eigenvalue weighted by molar-refractivity contribution is 6.11. The van der Waals surface area contributed by atoms with E-state index in [1.807, 2.05) is 11.9 Å². The first-order valence-electron chi connectivity index (χ1n) is 13.9. The summed E-state index contributed by atoms with van der Waals surface area (Å²) in [5.74, 6) is -4.30. The number of rotatable bonds is 6. The van der Waals surface area contributed by atoms with Crippen LogP contribution in [0.25, 0.3) is 11.1 Å². The average molecular weight is 586 g/mol. The first-order valence-corrected chi connectivity index (χ1v) is 13.9. The van der Waals surface area contributed by atoms with Gasteiger partial charge in [-0.1, -0.05) is 12.1 Å². The number of carbonyl (C=O) groups is 2. The van der Waals surface area contributed by atoms with Crippen LogP contribution in [0.5, 0.6) is 0 Å². The summed E-state index contributed by atoms with van der Waals surface area (Å²) in [6.07, 6.45) is -2.73. The van der Waals surface area contributed by atoms with Crippen LogP contribution in [-0.2, 0) is 20.9 Å². The van der Waals surface area contributed by atoms with Gasteiger partial charge in [0.05, 0.1) is 30.2 Å². The third-order valence-electron chi connectivity index (χ3n) is 8.48. The molecule has 0 aliphatic carbocycles. The van der Waals surface area contributed by atoms with Crippen molar-refractivity contribution in [3.63, 3.8) is 0 Å². The van der Waals surface area contributed by atoms with Crippen LogP contribution in [0.3, 0.4) is 0 Å². The van der Waals surface area contributed by atoms with Crippen molar-refractivity contribution in [1.82, 2.24) is 9.80 Å². The van der Waals surface area contributed by atoms with Crippen LogP contribution >= 0.6 is 0 Å². The smallest absolute Gasteiger partial charge is 0.378 e. The number of halogens is 4. The van der Waals surface area contributed by atoms with E-state index in [0.717, 1.165) is 31.3 Å². The molecule has 0 radical (unpaired) electrons. The van der Waals surface area contributed by atoms with Gasteiger partial charge in [-0.15, -0.1) is 0 Å². The minimum atomic E-state index is -4.89. The number of nitrogens with one attached hydrogen (secondary N) is 1. The number of fused-ring (bicyclic) bond motifs is 2. The van der Waals surface area contributed by atoms with Crippen LogP contribution in [0.1, 0.15) is 12.0 Å².